The van der Waals surface area contributed by atoms with Crippen molar-refractivity contribution in [2.75, 3.05) is 43.5 Å². The van der Waals surface area contributed by atoms with Crippen LogP contribution in [0.1, 0.15) is 48.9 Å². The van der Waals surface area contributed by atoms with Gasteiger partial charge in [-0.2, -0.15) is 0 Å². The number of fused-ring (bicyclic) bond motifs is 1. The van der Waals surface area contributed by atoms with Gasteiger partial charge < -0.3 is 26.2 Å². The quantitative estimate of drug-likeness (QED) is 0.155. The van der Waals surface area contributed by atoms with E-state index in [2.05, 4.69) is 25.8 Å². The zero-order valence-corrected chi connectivity index (χ0v) is 26.1. The van der Waals surface area contributed by atoms with Gasteiger partial charge in [0.05, 0.1) is 29.6 Å². The molecule has 10 nitrogen and oxygen atoms in total. The Balaban J connectivity index is 1.33. The van der Waals surface area contributed by atoms with Gasteiger partial charge in [-0.1, -0.05) is 41.9 Å². The first-order valence-corrected chi connectivity index (χ1v) is 15.3. The number of anilines is 2. The van der Waals surface area contributed by atoms with Crippen LogP contribution in [0.4, 0.5) is 11.4 Å². The Morgan fingerprint density at radius 1 is 0.933 bits per heavy atom. The monoisotopic (exact) mass is 628 g/mol. The number of carbonyl (C=O) groups is 2. The number of nitrogens with one attached hydrogen (secondary N) is 3. The molecule has 2 aromatic heterocycles. The van der Waals surface area contributed by atoms with Gasteiger partial charge in [-0.3, -0.25) is 19.5 Å². The van der Waals surface area contributed by atoms with Gasteiger partial charge in [0.1, 0.15) is 11.4 Å². The Kier molecular flexibility index (Phi) is 10.5. The van der Waals surface area contributed by atoms with Gasteiger partial charge >= 0.3 is 0 Å². The summed E-state index contributed by atoms with van der Waals surface area (Å²) in [5.74, 6) is -0.704. The highest BCUT2D eigenvalue weighted by Crippen LogP contribution is 2.37. The Morgan fingerprint density at radius 3 is 2.40 bits per heavy atom. The first kappa shape index (κ1) is 32.2. The molecule has 2 amide bonds. The summed E-state index contributed by atoms with van der Waals surface area (Å²) in [5.41, 5.74) is 7.93. The molecule has 5 N–H and O–H groups in total. The highest BCUT2D eigenvalue weighted by atomic mass is 35.5. The second-order valence-electron chi connectivity index (χ2n) is 11.0. The topological polar surface area (TPSA) is 140 Å². The number of pyridine rings is 2. The molecule has 0 atom stereocenters. The standard InChI is InChI=1S/C34H37ClN6O4/c1-21-17-30(38-31-20-41(14-16-43)13-11-24(21)31)34(45)39-27-7-3-5-25(22(27)2)26-6-4-8-28(32(26)35)40-33(44)29-10-9-23(19-37-29)18-36-12-15-42/h3-10,17,19,36,42-43H,11-16,18,20H2,1-2H3,(H,39,45)(H,40,44). The van der Waals surface area contributed by atoms with Crippen molar-refractivity contribution < 1.29 is 19.8 Å². The number of β-amino-alcohol motifs (C(OH)–C–C–N with tert-alkyl or cyclic N) is 1. The fourth-order valence-electron chi connectivity index (χ4n) is 5.49. The summed E-state index contributed by atoms with van der Waals surface area (Å²) >= 11 is 6.84. The normalized spacial score (nSPS) is 12.9. The molecule has 45 heavy (non-hydrogen) atoms. The highest BCUT2D eigenvalue weighted by molar-refractivity contribution is 6.36. The number of benzene rings is 2. The molecule has 3 heterocycles. The molecular formula is C34H37ClN6O4. The summed E-state index contributed by atoms with van der Waals surface area (Å²) in [6.45, 7) is 7.08. The number of amides is 2. The Bertz CT molecular complexity index is 1700. The number of rotatable bonds is 11. The zero-order valence-electron chi connectivity index (χ0n) is 25.4. The van der Waals surface area contributed by atoms with Crippen LogP contribution in [0.5, 0.6) is 0 Å². The van der Waals surface area contributed by atoms with Gasteiger partial charge in [-0.15, -0.1) is 0 Å². The second-order valence-corrected chi connectivity index (χ2v) is 11.4. The molecule has 5 rings (SSSR count). The summed E-state index contributed by atoms with van der Waals surface area (Å²) < 4.78 is 0. The van der Waals surface area contributed by atoms with Gasteiger partial charge in [0.15, 0.2) is 0 Å². The average Bonchev–Trinajstić information content (AvgIpc) is 3.03. The number of aromatic nitrogens is 2. The lowest BCUT2D eigenvalue weighted by molar-refractivity contribution is 0.101. The summed E-state index contributed by atoms with van der Waals surface area (Å²) in [4.78, 5) is 37.5. The fraction of sp³-hybridized carbons (Fsp3) is 0.294. The van der Waals surface area contributed by atoms with Crippen molar-refractivity contribution in [2.24, 2.45) is 0 Å². The molecule has 1 aliphatic heterocycles. The average molecular weight is 629 g/mol. The van der Waals surface area contributed by atoms with E-state index in [0.717, 1.165) is 40.9 Å². The second kappa shape index (κ2) is 14.7. The molecule has 4 aromatic rings. The third-order valence-corrected chi connectivity index (χ3v) is 8.33. The Hall–Kier alpha value is -4.19. The largest absolute Gasteiger partial charge is 0.395 e. The van der Waals surface area contributed by atoms with E-state index < -0.39 is 5.91 Å². The lowest BCUT2D eigenvalue weighted by Crippen LogP contribution is -2.34. The van der Waals surface area contributed by atoms with E-state index in [1.54, 1.807) is 24.4 Å². The van der Waals surface area contributed by atoms with Crippen molar-refractivity contribution in [1.29, 1.82) is 0 Å². The molecular weight excluding hydrogens is 592 g/mol. The maximum Gasteiger partial charge on any atom is 0.274 e. The molecule has 2 aromatic carbocycles. The number of hydrogen-bond donors (Lipinski definition) is 5. The molecule has 0 spiro atoms. The fourth-order valence-corrected chi connectivity index (χ4v) is 5.77. The van der Waals surface area contributed by atoms with E-state index in [0.29, 0.717) is 53.8 Å². The minimum absolute atomic E-state index is 0.0465. The molecule has 11 heteroatoms. The molecule has 0 bridgehead atoms. The van der Waals surface area contributed by atoms with Gasteiger partial charge in [0.25, 0.3) is 11.8 Å². The number of carbonyl (C=O) groups excluding carboxylic acids is 2. The number of hydrogen-bond acceptors (Lipinski definition) is 8. The van der Waals surface area contributed by atoms with Crippen molar-refractivity contribution >= 4 is 34.8 Å². The third-order valence-electron chi connectivity index (χ3n) is 7.93. The van der Waals surface area contributed by atoms with Crippen molar-refractivity contribution in [3.05, 3.63) is 105 Å². The van der Waals surface area contributed by atoms with Crippen molar-refractivity contribution in [3.8, 4) is 11.1 Å². The number of aryl methyl sites for hydroxylation is 1. The number of halogens is 1. The van der Waals surface area contributed by atoms with Crippen LogP contribution in [0.3, 0.4) is 0 Å². The summed E-state index contributed by atoms with van der Waals surface area (Å²) in [6, 6.07) is 16.3. The van der Waals surface area contributed by atoms with Crippen LogP contribution in [-0.4, -0.2) is 69.7 Å². The molecule has 0 saturated carbocycles. The van der Waals surface area contributed by atoms with E-state index in [1.165, 1.54) is 5.56 Å². The van der Waals surface area contributed by atoms with Crippen molar-refractivity contribution in [3.63, 3.8) is 0 Å². The molecule has 0 fully saturated rings. The zero-order chi connectivity index (χ0) is 31.9. The van der Waals surface area contributed by atoms with E-state index in [-0.39, 0.29) is 24.8 Å². The van der Waals surface area contributed by atoms with Crippen LogP contribution in [0.15, 0.2) is 60.8 Å². The molecule has 1 aliphatic rings. The number of nitrogens with zero attached hydrogens (tertiary/aromatic N) is 3. The third kappa shape index (κ3) is 7.55. The van der Waals surface area contributed by atoms with Crippen molar-refractivity contribution in [2.45, 2.75) is 33.4 Å². The molecule has 0 saturated heterocycles. The SMILES string of the molecule is Cc1cc(C(=O)Nc2cccc(-c3cccc(NC(=O)c4ccc(CNCCO)cn4)c3Cl)c2C)nc2c1CCN(CCO)C2. The van der Waals surface area contributed by atoms with Gasteiger partial charge in [0.2, 0.25) is 0 Å². The van der Waals surface area contributed by atoms with Gasteiger partial charge in [-0.05, 0) is 72.4 Å². The van der Waals surface area contributed by atoms with Crippen LogP contribution < -0.4 is 16.0 Å². The van der Waals surface area contributed by atoms with Crippen LogP contribution in [0.2, 0.25) is 5.02 Å². The minimum Gasteiger partial charge on any atom is -0.395 e. The molecule has 0 radical (unpaired) electrons. The number of aliphatic hydroxyl groups is 2. The van der Waals surface area contributed by atoms with E-state index in [1.807, 2.05) is 50.2 Å². The van der Waals surface area contributed by atoms with Gasteiger partial charge in [0, 0.05) is 50.2 Å². The van der Waals surface area contributed by atoms with Crippen LogP contribution in [-0.2, 0) is 19.5 Å². The molecule has 0 aliphatic carbocycles. The Labute approximate surface area is 267 Å². The Morgan fingerprint density at radius 2 is 1.67 bits per heavy atom. The van der Waals surface area contributed by atoms with Crippen LogP contribution in [0.25, 0.3) is 11.1 Å². The lowest BCUT2D eigenvalue weighted by atomic mass is 9.98. The van der Waals surface area contributed by atoms with E-state index in [4.69, 9.17) is 21.7 Å². The highest BCUT2D eigenvalue weighted by Gasteiger charge is 2.22. The van der Waals surface area contributed by atoms with Crippen LogP contribution >= 0.6 is 11.6 Å². The first-order valence-electron chi connectivity index (χ1n) is 14.9. The minimum atomic E-state index is -0.394. The predicted molar refractivity (Wildman–Crippen MR) is 176 cm³/mol. The van der Waals surface area contributed by atoms with Crippen molar-refractivity contribution in [1.82, 2.24) is 20.2 Å². The van der Waals surface area contributed by atoms with E-state index in [9.17, 15) is 14.7 Å². The first-order chi connectivity index (χ1) is 21.8. The van der Waals surface area contributed by atoms with E-state index >= 15 is 0 Å². The molecule has 0 unspecified atom stereocenters. The summed E-state index contributed by atoms with van der Waals surface area (Å²) in [5, 5.41) is 27.6. The summed E-state index contributed by atoms with van der Waals surface area (Å²) in [7, 11) is 0. The maximum atomic E-state index is 13.4. The van der Waals surface area contributed by atoms with Crippen LogP contribution in [0, 0.1) is 13.8 Å². The summed E-state index contributed by atoms with van der Waals surface area (Å²) in [6.07, 6.45) is 2.46. The molecule has 234 valence electrons. The predicted octanol–water partition coefficient (Wildman–Crippen LogP) is 4.35. The van der Waals surface area contributed by atoms with Gasteiger partial charge in [-0.25, -0.2) is 4.98 Å². The smallest absolute Gasteiger partial charge is 0.274 e. The number of aliphatic hydroxyl groups excluding tert-OH is 2. The lowest BCUT2D eigenvalue weighted by Gasteiger charge is -2.28. The maximum absolute atomic E-state index is 13.4.